The lowest BCUT2D eigenvalue weighted by Gasteiger charge is -2.12. The summed E-state index contributed by atoms with van der Waals surface area (Å²) < 4.78 is 24.3. The molecule has 1 atom stereocenters. The number of nitrogens with two attached hydrogens (primary N) is 1. The maximum absolute atomic E-state index is 13.8. The topological polar surface area (TPSA) is 44.5 Å². The second kappa shape index (κ2) is 6.78. The third-order valence-corrected chi connectivity index (χ3v) is 3.42. The van der Waals surface area contributed by atoms with E-state index in [-0.39, 0.29) is 18.5 Å². The van der Waals surface area contributed by atoms with Crippen molar-refractivity contribution in [3.8, 4) is 11.5 Å². The van der Waals surface area contributed by atoms with Crippen LogP contribution in [0.25, 0.3) is 0 Å². The Morgan fingerprint density at radius 3 is 2.57 bits per heavy atom. The quantitative estimate of drug-likeness (QED) is 0.905. The molecule has 0 spiro atoms. The molecule has 2 rings (SSSR count). The fraction of sp³-hybridized carbons (Fsp3) is 0.250. The van der Waals surface area contributed by atoms with Crippen LogP contribution in [-0.2, 0) is 6.61 Å². The average molecular weight is 310 g/mol. The molecule has 0 saturated heterocycles. The SMILES string of the molecule is COc1ccc(COc2ccc([C@H](C)N)cc2Cl)c(F)c1. The van der Waals surface area contributed by atoms with Gasteiger partial charge in [-0.05, 0) is 36.8 Å². The number of hydrogen-bond donors (Lipinski definition) is 1. The standard InChI is InChI=1S/C16H17ClFNO2/c1-10(19)11-4-6-16(14(17)7-11)21-9-12-3-5-13(20-2)8-15(12)18/h3-8,10H,9,19H2,1-2H3/t10-/m0/s1. The van der Waals surface area contributed by atoms with Crippen LogP contribution in [0, 0.1) is 5.82 Å². The number of rotatable bonds is 5. The molecule has 0 aliphatic carbocycles. The Kier molecular flexibility index (Phi) is 5.04. The van der Waals surface area contributed by atoms with Crippen LogP contribution in [0.2, 0.25) is 5.02 Å². The van der Waals surface area contributed by atoms with E-state index < -0.39 is 0 Å². The van der Waals surface area contributed by atoms with Gasteiger partial charge in [-0.1, -0.05) is 17.7 Å². The lowest BCUT2D eigenvalue weighted by Crippen LogP contribution is -2.05. The highest BCUT2D eigenvalue weighted by atomic mass is 35.5. The van der Waals surface area contributed by atoms with Crippen LogP contribution in [0.5, 0.6) is 11.5 Å². The summed E-state index contributed by atoms with van der Waals surface area (Å²) in [7, 11) is 1.49. The molecule has 21 heavy (non-hydrogen) atoms. The summed E-state index contributed by atoms with van der Waals surface area (Å²) in [5.74, 6) is 0.588. The van der Waals surface area contributed by atoms with Crippen molar-refractivity contribution in [2.45, 2.75) is 19.6 Å². The van der Waals surface area contributed by atoms with Crippen LogP contribution >= 0.6 is 11.6 Å². The normalized spacial score (nSPS) is 12.0. The van der Waals surface area contributed by atoms with Gasteiger partial charge in [-0.15, -0.1) is 0 Å². The van der Waals surface area contributed by atoms with Crippen molar-refractivity contribution in [2.75, 3.05) is 7.11 Å². The molecule has 2 aromatic carbocycles. The summed E-state index contributed by atoms with van der Waals surface area (Å²) in [4.78, 5) is 0. The molecule has 0 saturated carbocycles. The van der Waals surface area contributed by atoms with Crippen molar-refractivity contribution < 1.29 is 13.9 Å². The van der Waals surface area contributed by atoms with Gasteiger partial charge in [0.1, 0.15) is 23.9 Å². The minimum absolute atomic E-state index is 0.0904. The van der Waals surface area contributed by atoms with Crippen LogP contribution in [0.1, 0.15) is 24.1 Å². The molecule has 0 radical (unpaired) electrons. The van der Waals surface area contributed by atoms with Gasteiger partial charge in [0.05, 0.1) is 12.1 Å². The molecular weight excluding hydrogens is 293 g/mol. The molecule has 0 fully saturated rings. The van der Waals surface area contributed by atoms with Crippen molar-refractivity contribution in [3.63, 3.8) is 0 Å². The summed E-state index contributed by atoms with van der Waals surface area (Å²) in [6.07, 6.45) is 0. The van der Waals surface area contributed by atoms with Crippen molar-refractivity contribution in [2.24, 2.45) is 5.73 Å². The minimum Gasteiger partial charge on any atom is -0.497 e. The Morgan fingerprint density at radius 2 is 2.00 bits per heavy atom. The number of hydrogen-bond acceptors (Lipinski definition) is 3. The molecule has 0 aliphatic rings. The van der Waals surface area contributed by atoms with Gasteiger partial charge in [0, 0.05) is 17.7 Å². The zero-order chi connectivity index (χ0) is 15.4. The van der Waals surface area contributed by atoms with Crippen LogP contribution < -0.4 is 15.2 Å². The van der Waals surface area contributed by atoms with Crippen LogP contribution in [0.15, 0.2) is 36.4 Å². The van der Waals surface area contributed by atoms with Gasteiger partial charge in [-0.2, -0.15) is 0 Å². The Morgan fingerprint density at radius 1 is 1.24 bits per heavy atom. The molecule has 5 heteroatoms. The zero-order valence-corrected chi connectivity index (χ0v) is 12.7. The van der Waals surface area contributed by atoms with Crippen LogP contribution in [0.3, 0.4) is 0 Å². The first-order valence-corrected chi connectivity index (χ1v) is 6.89. The molecule has 2 aromatic rings. The number of methoxy groups -OCH3 is 1. The first kappa shape index (κ1) is 15.6. The van der Waals surface area contributed by atoms with E-state index in [9.17, 15) is 4.39 Å². The monoisotopic (exact) mass is 309 g/mol. The number of halogens is 2. The molecular formula is C16H17ClFNO2. The minimum atomic E-state index is -0.377. The summed E-state index contributed by atoms with van der Waals surface area (Å²) in [6.45, 7) is 1.96. The van der Waals surface area contributed by atoms with Gasteiger partial charge in [-0.25, -0.2) is 4.39 Å². The lowest BCUT2D eigenvalue weighted by atomic mass is 10.1. The van der Waals surface area contributed by atoms with Gasteiger partial charge in [-0.3, -0.25) is 0 Å². The first-order valence-electron chi connectivity index (χ1n) is 6.51. The highest BCUT2D eigenvalue weighted by molar-refractivity contribution is 6.32. The van der Waals surface area contributed by atoms with Crippen LogP contribution in [-0.4, -0.2) is 7.11 Å². The van der Waals surface area contributed by atoms with E-state index in [4.69, 9.17) is 26.8 Å². The van der Waals surface area contributed by atoms with Gasteiger partial charge >= 0.3 is 0 Å². The highest BCUT2D eigenvalue weighted by Crippen LogP contribution is 2.28. The van der Waals surface area contributed by atoms with Gasteiger partial charge in [0.2, 0.25) is 0 Å². The Hall–Kier alpha value is -1.78. The zero-order valence-electron chi connectivity index (χ0n) is 11.9. The summed E-state index contributed by atoms with van der Waals surface area (Å²) in [6, 6.07) is 9.86. The molecule has 3 nitrogen and oxygen atoms in total. The highest BCUT2D eigenvalue weighted by Gasteiger charge is 2.09. The number of ether oxygens (including phenoxy) is 2. The second-order valence-corrected chi connectivity index (χ2v) is 5.13. The Balaban J connectivity index is 2.09. The van der Waals surface area contributed by atoms with Gasteiger partial charge in [0.25, 0.3) is 0 Å². The van der Waals surface area contributed by atoms with Crippen LogP contribution in [0.4, 0.5) is 4.39 Å². The predicted molar refractivity (Wildman–Crippen MR) is 81.3 cm³/mol. The van der Waals surface area contributed by atoms with E-state index in [1.807, 2.05) is 13.0 Å². The van der Waals surface area contributed by atoms with Gasteiger partial charge < -0.3 is 15.2 Å². The molecule has 0 aromatic heterocycles. The maximum atomic E-state index is 13.8. The van der Waals surface area contributed by atoms with E-state index in [2.05, 4.69) is 0 Å². The largest absolute Gasteiger partial charge is 0.497 e. The molecule has 0 bridgehead atoms. The molecule has 0 unspecified atom stereocenters. The fourth-order valence-corrected chi connectivity index (χ4v) is 2.09. The predicted octanol–water partition coefficient (Wildman–Crippen LogP) is 4.09. The van der Waals surface area contributed by atoms with Crippen molar-refractivity contribution >= 4 is 11.6 Å². The first-order chi connectivity index (χ1) is 10.0. The number of benzene rings is 2. The molecule has 0 aliphatic heterocycles. The fourth-order valence-electron chi connectivity index (χ4n) is 1.84. The smallest absolute Gasteiger partial charge is 0.138 e. The molecule has 2 N–H and O–H groups in total. The third-order valence-electron chi connectivity index (χ3n) is 3.13. The van der Waals surface area contributed by atoms with Crippen molar-refractivity contribution in [3.05, 3.63) is 58.4 Å². The van der Waals surface area contributed by atoms with E-state index in [1.54, 1.807) is 24.3 Å². The third kappa shape index (κ3) is 3.86. The lowest BCUT2D eigenvalue weighted by molar-refractivity contribution is 0.299. The van der Waals surface area contributed by atoms with E-state index in [1.165, 1.54) is 13.2 Å². The molecule has 0 heterocycles. The van der Waals surface area contributed by atoms with E-state index in [0.717, 1.165) is 5.56 Å². The summed E-state index contributed by atoms with van der Waals surface area (Å²) in [5, 5.41) is 0.457. The molecule has 0 amide bonds. The Labute approximate surface area is 128 Å². The van der Waals surface area contributed by atoms with E-state index >= 15 is 0 Å². The maximum Gasteiger partial charge on any atom is 0.138 e. The summed E-state index contributed by atoms with van der Waals surface area (Å²) >= 11 is 6.13. The second-order valence-electron chi connectivity index (χ2n) is 4.72. The van der Waals surface area contributed by atoms with Crippen molar-refractivity contribution in [1.82, 2.24) is 0 Å². The average Bonchev–Trinajstić information content (AvgIpc) is 2.46. The van der Waals surface area contributed by atoms with E-state index in [0.29, 0.717) is 22.1 Å². The molecule has 112 valence electrons. The summed E-state index contributed by atoms with van der Waals surface area (Å²) in [5.41, 5.74) is 7.14. The van der Waals surface area contributed by atoms with Gasteiger partial charge in [0.15, 0.2) is 0 Å². The van der Waals surface area contributed by atoms with Crippen molar-refractivity contribution in [1.29, 1.82) is 0 Å². The Bertz CT molecular complexity index is 632.